The van der Waals surface area contributed by atoms with E-state index in [2.05, 4.69) is 12.2 Å². The van der Waals surface area contributed by atoms with Gasteiger partial charge in [0.2, 0.25) is 11.8 Å². The Morgan fingerprint density at radius 3 is 2.76 bits per heavy atom. The molecule has 0 radical (unpaired) electrons. The molecule has 17 heavy (non-hydrogen) atoms. The lowest BCUT2D eigenvalue weighted by atomic mass is 9.92. The first kappa shape index (κ1) is 12.4. The van der Waals surface area contributed by atoms with Crippen LogP contribution in [0, 0.1) is 5.92 Å². The van der Waals surface area contributed by atoms with Crippen LogP contribution in [0.4, 0.5) is 0 Å². The molecule has 5 heteroatoms. The van der Waals surface area contributed by atoms with Crippen LogP contribution in [0.25, 0.3) is 0 Å². The molecule has 96 valence electrons. The number of hydrogen-bond acceptors (Lipinski definition) is 3. The second kappa shape index (κ2) is 5.04. The van der Waals surface area contributed by atoms with Crippen LogP contribution in [-0.2, 0) is 9.59 Å². The van der Waals surface area contributed by atoms with Crippen molar-refractivity contribution in [1.82, 2.24) is 10.2 Å². The highest BCUT2D eigenvalue weighted by Gasteiger charge is 2.37. The topological polar surface area (TPSA) is 75.4 Å². The standard InChI is InChI=1S/C12H21N3O2/c1-8-7-9(4-5-14-8)12(17)15-6-2-3-10(15)11(13)16/h8-10,14H,2-7H2,1H3,(H2,13,16). The third-order valence-electron chi connectivity index (χ3n) is 3.84. The van der Waals surface area contributed by atoms with Crippen molar-refractivity contribution in [3.8, 4) is 0 Å². The summed E-state index contributed by atoms with van der Waals surface area (Å²) in [6.45, 7) is 3.66. The lowest BCUT2D eigenvalue weighted by molar-refractivity contribution is -0.141. The van der Waals surface area contributed by atoms with Gasteiger partial charge < -0.3 is 16.0 Å². The van der Waals surface area contributed by atoms with Crippen molar-refractivity contribution in [3.63, 3.8) is 0 Å². The van der Waals surface area contributed by atoms with E-state index >= 15 is 0 Å². The summed E-state index contributed by atoms with van der Waals surface area (Å²) in [6.07, 6.45) is 3.34. The Kier molecular flexibility index (Phi) is 3.66. The molecule has 0 aromatic rings. The molecule has 3 N–H and O–H groups in total. The fourth-order valence-corrected chi connectivity index (χ4v) is 2.92. The number of carbonyl (C=O) groups excluding carboxylic acids is 2. The van der Waals surface area contributed by atoms with E-state index in [1.807, 2.05) is 0 Å². The van der Waals surface area contributed by atoms with Gasteiger partial charge in [0.15, 0.2) is 0 Å². The van der Waals surface area contributed by atoms with Gasteiger partial charge in [0.05, 0.1) is 0 Å². The van der Waals surface area contributed by atoms with Gasteiger partial charge >= 0.3 is 0 Å². The Morgan fingerprint density at radius 2 is 2.12 bits per heavy atom. The van der Waals surface area contributed by atoms with Crippen molar-refractivity contribution in [3.05, 3.63) is 0 Å². The normalized spacial score (nSPS) is 33.7. The second-order valence-electron chi connectivity index (χ2n) is 5.17. The minimum absolute atomic E-state index is 0.0613. The van der Waals surface area contributed by atoms with Gasteiger partial charge in [0.1, 0.15) is 6.04 Å². The van der Waals surface area contributed by atoms with Crippen molar-refractivity contribution in [2.45, 2.75) is 44.7 Å². The largest absolute Gasteiger partial charge is 0.368 e. The van der Waals surface area contributed by atoms with Crippen LogP contribution in [0.3, 0.4) is 0 Å². The highest BCUT2D eigenvalue weighted by molar-refractivity contribution is 5.88. The summed E-state index contributed by atoms with van der Waals surface area (Å²) in [7, 11) is 0. The van der Waals surface area contributed by atoms with Gasteiger partial charge in [-0.1, -0.05) is 0 Å². The number of amides is 2. The fourth-order valence-electron chi connectivity index (χ4n) is 2.92. The van der Waals surface area contributed by atoms with Crippen LogP contribution in [0.2, 0.25) is 0 Å². The van der Waals surface area contributed by atoms with Gasteiger partial charge in [0.25, 0.3) is 0 Å². The highest BCUT2D eigenvalue weighted by Crippen LogP contribution is 2.24. The first-order chi connectivity index (χ1) is 8.09. The van der Waals surface area contributed by atoms with E-state index < -0.39 is 0 Å². The Labute approximate surface area is 102 Å². The van der Waals surface area contributed by atoms with E-state index in [4.69, 9.17) is 5.73 Å². The SMILES string of the molecule is CC1CC(C(=O)N2CCCC2C(N)=O)CCN1. The second-order valence-corrected chi connectivity index (χ2v) is 5.17. The third-order valence-corrected chi connectivity index (χ3v) is 3.84. The molecule has 2 saturated heterocycles. The minimum atomic E-state index is -0.368. The molecule has 2 aliphatic rings. The molecule has 0 aliphatic carbocycles. The molecule has 0 saturated carbocycles. The molecule has 0 bridgehead atoms. The number of nitrogens with two attached hydrogens (primary N) is 1. The average Bonchev–Trinajstić information content (AvgIpc) is 2.77. The van der Waals surface area contributed by atoms with Gasteiger partial charge in [-0.25, -0.2) is 0 Å². The minimum Gasteiger partial charge on any atom is -0.368 e. The van der Waals surface area contributed by atoms with Crippen molar-refractivity contribution >= 4 is 11.8 Å². The van der Waals surface area contributed by atoms with E-state index in [0.29, 0.717) is 12.6 Å². The summed E-state index contributed by atoms with van der Waals surface area (Å²) >= 11 is 0. The summed E-state index contributed by atoms with van der Waals surface area (Å²) in [5.74, 6) is -0.177. The predicted molar refractivity (Wildman–Crippen MR) is 64.1 cm³/mol. The molecule has 3 unspecified atom stereocenters. The first-order valence-electron chi connectivity index (χ1n) is 6.42. The quantitative estimate of drug-likeness (QED) is 0.703. The smallest absolute Gasteiger partial charge is 0.240 e. The van der Waals surface area contributed by atoms with Crippen molar-refractivity contribution in [2.24, 2.45) is 11.7 Å². The molecule has 3 atom stereocenters. The van der Waals surface area contributed by atoms with Crippen LogP contribution in [-0.4, -0.2) is 41.9 Å². The van der Waals surface area contributed by atoms with Crippen LogP contribution in [0.5, 0.6) is 0 Å². The first-order valence-corrected chi connectivity index (χ1v) is 6.42. The van der Waals surface area contributed by atoms with Crippen molar-refractivity contribution < 1.29 is 9.59 Å². The lowest BCUT2D eigenvalue weighted by Gasteiger charge is -2.32. The molecular formula is C12H21N3O2. The number of piperidine rings is 1. The number of rotatable bonds is 2. The lowest BCUT2D eigenvalue weighted by Crippen LogP contribution is -2.49. The number of nitrogens with one attached hydrogen (secondary N) is 1. The Balaban J connectivity index is 2.01. The van der Waals surface area contributed by atoms with E-state index in [9.17, 15) is 9.59 Å². The summed E-state index contributed by atoms with van der Waals surface area (Å²) in [5, 5.41) is 3.33. The van der Waals surface area contributed by atoms with E-state index in [1.54, 1.807) is 4.90 Å². The van der Waals surface area contributed by atoms with Gasteiger partial charge in [-0.3, -0.25) is 9.59 Å². The zero-order chi connectivity index (χ0) is 12.4. The molecule has 5 nitrogen and oxygen atoms in total. The maximum atomic E-state index is 12.4. The Morgan fingerprint density at radius 1 is 1.35 bits per heavy atom. The summed E-state index contributed by atoms with van der Waals surface area (Å²) in [4.78, 5) is 25.3. The Bertz CT molecular complexity index is 319. The third kappa shape index (κ3) is 2.60. The molecule has 2 heterocycles. The van der Waals surface area contributed by atoms with Crippen LogP contribution in [0.1, 0.15) is 32.6 Å². The highest BCUT2D eigenvalue weighted by atomic mass is 16.2. The van der Waals surface area contributed by atoms with E-state index in [1.165, 1.54) is 0 Å². The molecule has 0 spiro atoms. The zero-order valence-electron chi connectivity index (χ0n) is 10.3. The van der Waals surface area contributed by atoms with E-state index in [-0.39, 0.29) is 23.8 Å². The van der Waals surface area contributed by atoms with Crippen molar-refractivity contribution in [1.29, 1.82) is 0 Å². The molecule has 0 aromatic carbocycles. The average molecular weight is 239 g/mol. The molecule has 2 aliphatic heterocycles. The molecule has 0 aromatic heterocycles. The summed E-state index contributed by atoms with van der Waals surface area (Å²) < 4.78 is 0. The molecule has 2 fully saturated rings. The van der Waals surface area contributed by atoms with Crippen LogP contribution in [0.15, 0.2) is 0 Å². The number of hydrogen-bond donors (Lipinski definition) is 2. The molecule has 2 amide bonds. The van der Waals surface area contributed by atoms with Gasteiger partial charge in [-0.2, -0.15) is 0 Å². The molecule has 2 rings (SSSR count). The Hall–Kier alpha value is -1.10. The maximum absolute atomic E-state index is 12.4. The number of nitrogens with zero attached hydrogens (tertiary/aromatic N) is 1. The van der Waals surface area contributed by atoms with Gasteiger partial charge in [-0.15, -0.1) is 0 Å². The van der Waals surface area contributed by atoms with E-state index in [0.717, 1.165) is 32.2 Å². The molecular weight excluding hydrogens is 218 g/mol. The summed E-state index contributed by atoms with van der Waals surface area (Å²) in [5.41, 5.74) is 5.34. The maximum Gasteiger partial charge on any atom is 0.240 e. The van der Waals surface area contributed by atoms with Crippen LogP contribution >= 0.6 is 0 Å². The zero-order valence-corrected chi connectivity index (χ0v) is 10.3. The van der Waals surface area contributed by atoms with Crippen LogP contribution < -0.4 is 11.1 Å². The van der Waals surface area contributed by atoms with Gasteiger partial charge in [-0.05, 0) is 39.2 Å². The number of likely N-dealkylation sites (tertiary alicyclic amines) is 1. The summed E-state index contributed by atoms with van der Waals surface area (Å²) in [6, 6.07) is 0.0139. The van der Waals surface area contributed by atoms with Crippen molar-refractivity contribution in [2.75, 3.05) is 13.1 Å². The number of carbonyl (C=O) groups is 2. The monoisotopic (exact) mass is 239 g/mol. The predicted octanol–water partition coefficient (Wildman–Crippen LogP) is -0.149. The number of primary amides is 1. The fraction of sp³-hybridized carbons (Fsp3) is 0.833. The van der Waals surface area contributed by atoms with Gasteiger partial charge in [0, 0.05) is 18.5 Å².